The van der Waals surface area contributed by atoms with E-state index in [1.165, 1.54) is 32.5 Å². The first kappa shape index (κ1) is 15.7. The van der Waals surface area contributed by atoms with Crippen molar-refractivity contribution in [1.82, 2.24) is 4.90 Å². The molecule has 0 radical (unpaired) electrons. The van der Waals surface area contributed by atoms with Crippen molar-refractivity contribution in [2.75, 3.05) is 25.9 Å². The van der Waals surface area contributed by atoms with Gasteiger partial charge in [0.2, 0.25) is 0 Å². The SMILES string of the molecule is O=S(=O)(OC[SiH2]C1CN2CCC1CC2)c1ccc(Br)cc1. The number of nitrogens with zero attached hydrogens (tertiary/aromatic N) is 1. The second kappa shape index (κ2) is 6.50. The van der Waals surface area contributed by atoms with Gasteiger partial charge in [-0.3, -0.25) is 4.18 Å². The third kappa shape index (κ3) is 3.76. The van der Waals surface area contributed by atoms with E-state index in [0.29, 0.717) is 6.23 Å². The molecule has 3 fully saturated rings. The molecule has 4 nitrogen and oxygen atoms in total. The van der Waals surface area contributed by atoms with Crippen LogP contribution in [0.1, 0.15) is 12.8 Å². The number of rotatable bonds is 5. The fourth-order valence-electron chi connectivity index (χ4n) is 3.39. The van der Waals surface area contributed by atoms with Crippen LogP contribution in [0.2, 0.25) is 5.54 Å². The smallest absolute Gasteiger partial charge is 0.296 e. The van der Waals surface area contributed by atoms with E-state index in [1.54, 1.807) is 24.3 Å². The quantitative estimate of drug-likeness (QED) is 0.568. The standard InChI is InChI=1S/C14H20BrNO3SSi/c15-12-1-3-13(4-2-12)20(17,18)19-10-21-14-9-16-7-5-11(14)6-8-16/h1-4,11,14H,5-10,21H2. The van der Waals surface area contributed by atoms with Gasteiger partial charge < -0.3 is 4.90 Å². The zero-order chi connectivity index (χ0) is 14.9. The summed E-state index contributed by atoms with van der Waals surface area (Å²) in [6, 6.07) is 6.60. The second-order valence-electron chi connectivity index (χ2n) is 5.92. The van der Waals surface area contributed by atoms with Gasteiger partial charge in [0.1, 0.15) is 0 Å². The van der Waals surface area contributed by atoms with Gasteiger partial charge in [-0.25, -0.2) is 0 Å². The minimum absolute atomic E-state index is 0.244. The number of halogens is 1. The zero-order valence-electron chi connectivity index (χ0n) is 11.9. The Morgan fingerprint density at radius 3 is 2.48 bits per heavy atom. The molecule has 0 aliphatic carbocycles. The molecular formula is C14H20BrNO3SSi. The fourth-order valence-corrected chi connectivity index (χ4v) is 7.32. The highest BCUT2D eigenvalue weighted by molar-refractivity contribution is 9.10. The summed E-state index contributed by atoms with van der Waals surface area (Å²) >= 11 is 3.30. The lowest BCUT2D eigenvalue weighted by Crippen LogP contribution is -2.47. The fraction of sp³-hybridized carbons (Fsp3) is 0.571. The van der Waals surface area contributed by atoms with E-state index in [4.69, 9.17) is 4.18 Å². The molecule has 4 rings (SSSR count). The Hall–Kier alpha value is -0.213. The predicted octanol–water partition coefficient (Wildman–Crippen LogP) is 1.79. The lowest BCUT2D eigenvalue weighted by molar-refractivity contribution is 0.110. The molecule has 3 aliphatic heterocycles. The Labute approximate surface area is 136 Å². The summed E-state index contributed by atoms with van der Waals surface area (Å²) in [6.07, 6.45) is 3.00. The molecule has 7 heteroatoms. The van der Waals surface area contributed by atoms with Crippen LogP contribution in [0.5, 0.6) is 0 Å². The highest BCUT2D eigenvalue weighted by Gasteiger charge is 2.34. The minimum atomic E-state index is -3.59. The van der Waals surface area contributed by atoms with E-state index in [2.05, 4.69) is 20.8 Å². The molecular weight excluding hydrogens is 370 g/mol. The lowest BCUT2D eigenvalue weighted by atomic mass is 9.88. The Balaban J connectivity index is 1.54. The molecule has 116 valence electrons. The Kier molecular flexibility index (Phi) is 4.85. The van der Waals surface area contributed by atoms with Crippen LogP contribution >= 0.6 is 15.9 Å². The van der Waals surface area contributed by atoms with Gasteiger partial charge in [0.05, 0.1) is 20.6 Å². The van der Waals surface area contributed by atoms with Crippen LogP contribution in [-0.4, -0.2) is 48.7 Å². The maximum absolute atomic E-state index is 12.1. The van der Waals surface area contributed by atoms with Crippen LogP contribution in [0.15, 0.2) is 33.6 Å². The number of piperidine rings is 3. The summed E-state index contributed by atoms with van der Waals surface area (Å²) in [4.78, 5) is 2.76. The number of benzene rings is 1. The first-order chi connectivity index (χ1) is 10.0. The average Bonchev–Trinajstić information content (AvgIpc) is 2.49. The van der Waals surface area contributed by atoms with E-state index in [9.17, 15) is 8.42 Å². The van der Waals surface area contributed by atoms with Crippen LogP contribution < -0.4 is 0 Å². The van der Waals surface area contributed by atoms with E-state index in [1.807, 2.05) is 0 Å². The van der Waals surface area contributed by atoms with Crippen molar-refractivity contribution < 1.29 is 12.6 Å². The van der Waals surface area contributed by atoms with Gasteiger partial charge in [-0.2, -0.15) is 8.42 Å². The topological polar surface area (TPSA) is 46.6 Å². The Morgan fingerprint density at radius 2 is 1.90 bits per heavy atom. The molecule has 0 aromatic heterocycles. The van der Waals surface area contributed by atoms with E-state index in [-0.39, 0.29) is 4.90 Å². The molecule has 2 bridgehead atoms. The van der Waals surface area contributed by atoms with Crippen LogP contribution in [0.3, 0.4) is 0 Å². The van der Waals surface area contributed by atoms with Crippen molar-refractivity contribution in [3.05, 3.63) is 28.7 Å². The van der Waals surface area contributed by atoms with Crippen molar-refractivity contribution in [1.29, 1.82) is 0 Å². The normalized spacial score (nSPS) is 29.3. The van der Waals surface area contributed by atoms with Gasteiger partial charge in [0.25, 0.3) is 10.1 Å². The first-order valence-electron chi connectivity index (χ1n) is 7.42. The summed E-state index contributed by atoms with van der Waals surface area (Å²) in [5.41, 5.74) is 0.729. The van der Waals surface area contributed by atoms with Crippen molar-refractivity contribution >= 4 is 35.6 Å². The molecule has 1 aromatic rings. The van der Waals surface area contributed by atoms with Gasteiger partial charge in [0, 0.05) is 4.47 Å². The van der Waals surface area contributed by atoms with Crippen molar-refractivity contribution in [3.63, 3.8) is 0 Å². The third-order valence-corrected chi connectivity index (χ3v) is 8.88. The monoisotopic (exact) mass is 389 g/mol. The summed E-state index contributed by atoms with van der Waals surface area (Å²) in [5, 5.41) is 0. The predicted molar refractivity (Wildman–Crippen MR) is 88.7 cm³/mol. The Bertz CT molecular complexity index is 585. The molecule has 1 unspecified atom stereocenters. The largest absolute Gasteiger partial charge is 0.303 e. The summed E-state index contributed by atoms with van der Waals surface area (Å²) in [5.74, 6) is 0.820. The maximum Gasteiger partial charge on any atom is 0.296 e. The molecule has 0 spiro atoms. The number of hydrogen-bond donors (Lipinski definition) is 0. The highest BCUT2D eigenvalue weighted by Crippen LogP contribution is 2.35. The number of fused-ring (bicyclic) bond motifs is 3. The highest BCUT2D eigenvalue weighted by atomic mass is 79.9. The summed E-state index contributed by atoms with van der Waals surface area (Å²) in [7, 11) is -4.10. The van der Waals surface area contributed by atoms with Crippen molar-refractivity contribution in [2.24, 2.45) is 5.92 Å². The van der Waals surface area contributed by atoms with E-state index >= 15 is 0 Å². The molecule has 0 saturated carbocycles. The molecule has 3 saturated heterocycles. The molecule has 1 atom stereocenters. The van der Waals surface area contributed by atoms with Crippen LogP contribution in [0.25, 0.3) is 0 Å². The van der Waals surface area contributed by atoms with Gasteiger partial charge in [-0.05, 0) is 68.2 Å². The zero-order valence-corrected chi connectivity index (χ0v) is 15.7. The Morgan fingerprint density at radius 1 is 1.24 bits per heavy atom. The molecule has 3 heterocycles. The maximum atomic E-state index is 12.1. The van der Waals surface area contributed by atoms with E-state index in [0.717, 1.165) is 15.9 Å². The van der Waals surface area contributed by atoms with Crippen LogP contribution in [-0.2, 0) is 14.3 Å². The molecule has 3 aliphatic rings. The molecule has 0 N–H and O–H groups in total. The van der Waals surface area contributed by atoms with Gasteiger partial charge in [0.15, 0.2) is 0 Å². The van der Waals surface area contributed by atoms with Gasteiger partial charge >= 0.3 is 0 Å². The van der Waals surface area contributed by atoms with Crippen molar-refractivity contribution in [3.8, 4) is 0 Å². The van der Waals surface area contributed by atoms with E-state index < -0.39 is 19.6 Å². The molecule has 1 aromatic carbocycles. The van der Waals surface area contributed by atoms with Crippen LogP contribution in [0, 0.1) is 5.92 Å². The second-order valence-corrected chi connectivity index (χ2v) is 10.5. The first-order valence-corrected chi connectivity index (χ1v) is 11.4. The third-order valence-electron chi connectivity index (χ3n) is 4.62. The molecule has 0 amide bonds. The summed E-state index contributed by atoms with van der Waals surface area (Å²) < 4.78 is 30.4. The average molecular weight is 390 g/mol. The summed E-state index contributed by atoms with van der Waals surface area (Å²) in [6.45, 7) is 3.62. The van der Waals surface area contributed by atoms with Crippen molar-refractivity contribution in [2.45, 2.75) is 23.3 Å². The number of hydrogen-bond acceptors (Lipinski definition) is 4. The molecule has 21 heavy (non-hydrogen) atoms. The van der Waals surface area contributed by atoms with Gasteiger partial charge in [-0.15, -0.1) is 0 Å². The van der Waals surface area contributed by atoms with Crippen LogP contribution in [0.4, 0.5) is 0 Å². The minimum Gasteiger partial charge on any atom is -0.303 e. The van der Waals surface area contributed by atoms with Gasteiger partial charge in [-0.1, -0.05) is 15.9 Å². The lowest BCUT2D eigenvalue weighted by Gasteiger charge is -2.44.